The molecule has 0 aliphatic carbocycles. The lowest BCUT2D eigenvalue weighted by Gasteiger charge is -2.22. The maximum absolute atomic E-state index is 4.90. The third-order valence-electron chi connectivity index (χ3n) is 4.83. The predicted molar refractivity (Wildman–Crippen MR) is 120 cm³/mol. The van der Waals surface area contributed by atoms with Gasteiger partial charge in [0.1, 0.15) is 5.82 Å². The number of hydrogen-bond acceptors (Lipinski definition) is 4. The number of rotatable bonds is 7. The molecule has 0 amide bonds. The van der Waals surface area contributed by atoms with Crippen molar-refractivity contribution in [3.63, 3.8) is 0 Å². The highest BCUT2D eigenvalue weighted by molar-refractivity contribution is 7.99. The molecule has 1 aromatic carbocycles. The van der Waals surface area contributed by atoms with E-state index in [4.69, 9.17) is 4.99 Å². The molecule has 28 heavy (non-hydrogen) atoms. The minimum absolute atomic E-state index is 0.672. The largest absolute Gasteiger partial charge is 0.363 e. The second-order valence-electron chi connectivity index (χ2n) is 7.31. The van der Waals surface area contributed by atoms with Gasteiger partial charge in [0.15, 0.2) is 5.96 Å². The van der Waals surface area contributed by atoms with Crippen LogP contribution in [0.4, 0.5) is 5.82 Å². The van der Waals surface area contributed by atoms with Crippen molar-refractivity contribution in [2.45, 2.75) is 24.8 Å². The van der Waals surface area contributed by atoms with Crippen molar-refractivity contribution < 1.29 is 0 Å². The highest BCUT2D eigenvalue weighted by Crippen LogP contribution is 2.26. The first-order chi connectivity index (χ1) is 13.7. The maximum atomic E-state index is 4.90. The van der Waals surface area contributed by atoms with Crippen molar-refractivity contribution >= 4 is 23.5 Å². The molecule has 1 N–H and O–H groups in total. The second-order valence-corrected chi connectivity index (χ2v) is 8.41. The van der Waals surface area contributed by atoms with Crippen LogP contribution in [0.25, 0.3) is 0 Å². The number of benzene rings is 1. The third kappa shape index (κ3) is 5.89. The zero-order valence-corrected chi connectivity index (χ0v) is 18.0. The number of likely N-dealkylation sites (tertiary alicyclic amines) is 1. The van der Waals surface area contributed by atoms with Gasteiger partial charge in [-0.3, -0.25) is 0 Å². The van der Waals surface area contributed by atoms with E-state index in [1.165, 1.54) is 16.9 Å². The van der Waals surface area contributed by atoms with E-state index in [2.05, 4.69) is 58.5 Å². The lowest BCUT2D eigenvalue weighted by atomic mass is 10.2. The number of aromatic nitrogens is 1. The summed E-state index contributed by atoms with van der Waals surface area (Å²) in [5.41, 5.74) is 1.18. The summed E-state index contributed by atoms with van der Waals surface area (Å²) in [6.45, 7) is 5.84. The Bertz CT molecular complexity index is 763. The highest BCUT2D eigenvalue weighted by atomic mass is 32.2. The highest BCUT2D eigenvalue weighted by Gasteiger charge is 2.24. The summed E-state index contributed by atoms with van der Waals surface area (Å²) in [5.74, 6) is 3.86. The van der Waals surface area contributed by atoms with Crippen LogP contribution in [0, 0.1) is 5.92 Å². The van der Waals surface area contributed by atoms with Crippen molar-refractivity contribution in [3.05, 3.63) is 54.2 Å². The molecule has 3 rings (SSSR count). The average Bonchev–Trinajstić information content (AvgIpc) is 3.19. The van der Waals surface area contributed by atoms with Gasteiger partial charge in [-0.25, -0.2) is 9.98 Å². The van der Waals surface area contributed by atoms with Crippen LogP contribution in [0.1, 0.15) is 18.9 Å². The number of thioether (sulfide) groups is 1. The Morgan fingerprint density at radius 3 is 2.86 bits per heavy atom. The summed E-state index contributed by atoms with van der Waals surface area (Å²) >= 11 is 1.96. The van der Waals surface area contributed by atoms with Crippen molar-refractivity contribution in [1.82, 2.24) is 15.2 Å². The van der Waals surface area contributed by atoms with Gasteiger partial charge < -0.3 is 15.1 Å². The van der Waals surface area contributed by atoms with Crippen molar-refractivity contribution in [1.29, 1.82) is 0 Å². The maximum Gasteiger partial charge on any atom is 0.194 e. The molecule has 0 spiro atoms. The normalized spacial score (nSPS) is 17.0. The summed E-state index contributed by atoms with van der Waals surface area (Å²) in [6.07, 6.45) is 3.09. The molecular weight excluding hydrogens is 366 g/mol. The van der Waals surface area contributed by atoms with Crippen LogP contribution in [0.3, 0.4) is 0 Å². The Morgan fingerprint density at radius 2 is 2.11 bits per heavy atom. The van der Waals surface area contributed by atoms with Gasteiger partial charge in [0.2, 0.25) is 0 Å². The van der Waals surface area contributed by atoms with E-state index < -0.39 is 0 Å². The van der Waals surface area contributed by atoms with Gasteiger partial charge in [0.25, 0.3) is 0 Å². The standard InChI is InChI=1S/C22H31N5S/c1-4-23-22(25-15-18-10-12-24-21(14-18)26(2)3)27-13-11-19(16-27)17-28-20-8-6-5-7-9-20/h5-10,12,14,19H,4,11,13,15-17H2,1-3H3,(H,23,25). The van der Waals surface area contributed by atoms with Crippen LogP contribution in [0.2, 0.25) is 0 Å². The van der Waals surface area contributed by atoms with E-state index in [1.807, 2.05) is 43.0 Å². The Hall–Kier alpha value is -2.21. The molecule has 1 aliphatic rings. The van der Waals surface area contributed by atoms with Crippen LogP contribution in [-0.2, 0) is 6.54 Å². The van der Waals surface area contributed by atoms with Crippen LogP contribution in [-0.4, -0.2) is 55.3 Å². The van der Waals surface area contributed by atoms with Crippen molar-refractivity contribution in [3.8, 4) is 0 Å². The van der Waals surface area contributed by atoms with Crippen LogP contribution >= 0.6 is 11.8 Å². The molecule has 0 bridgehead atoms. The molecule has 1 unspecified atom stereocenters. The van der Waals surface area contributed by atoms with Crippen LogP contribution in [0.15, 0.2) is 58.5 Å². The number of anilines is 1. The quantitative estimate of drug-likeness (QED) is 0.438. The summed E-state index contributed by atoms with van der Waals surface area (Å²) in [6, 6.07) is 14.8. The van der Waals surface area contributed by atoms with E-state index in [1.54, 1.807) is 0 Å². The first-order valence-corrected chi connectivity index (χ1v) is 11.0. The summed E-state index contributed by atoms with van der Waals surface area (Å²) in [5, 5.41) is 3.47. The van der Waals surface area contributed by atoms with Gasteiger partial charge in [-0.1, -0.05) is 18.2 Å². The number of hydrogen-bond donors (Lipinski definition) is 1. The molecule has 1 fully saturated rings. The number of aliphatic imine (C=N–C) groups is 1. The Morgan fingerprint density at radius 1 is 1.29 bits per heavy atom. The summed E-state index contributed by atoms with van der Waals surface area (Å²) < 4.78 is 0. The predicted octanol–water partition coefficient (Wildman–Crippen LogP) is 3.73. The van der Waals surface area contributed by atoms with Gasteiger partial charge in [-0.2, -0.15) is 0 Å². The minimum atomic E-state index is 0.672. The fourth-order valence-corrected chi connectivity index (χ4v) is 4.34. The van der Waals surface area contributed by atoms with Gasteiger partial charge in [-0.15, -0.1) is 11.8 Å². The lowest BCUT2D eigenvalue weighted by Crippen LogP contribution is -2.40. The Balaban J connectivity index is 1.57. The van der Waals surface area contributed by atoms with Gasteiger partial charge in [0.05, 0.1) is 6.54 Å². The smallest absolute Gasteiger partial charge is 0.194 e. The molecule has 0 saturated carbocycles. The fourth-order valence-electron chi connectivity index (χ4n) is 3.29. The van der Waals surface area contributed by atoms with E-state index in [0.717, 1.165) is 37.2 Å². The molecule has 5 nitrogen and oxygen atoms in total. The van der Waals surface area contributed by atoms with Crippen LogP contribution in [0.5, 0.6) is 0 Å². The molecule has 1 aromatic heterocycles. The van der Waals surface area contributed by atoms with Crippen LogP contribution < -0.4 is 10.2 Å². The van der Waals surface area contributed by atoms with Gasteiger partial charge >= 0.3 is 0 Å². The average molecular weight is 398 g/mol. The summed E-state index contributed by atoms with van der Waals surface area (Å²) in [4.78, 5) is 15.1. The van der Waals surface area contributed by atoms with E-state index in [0.29, 0.717) is 12.5 Å². The Labute approximate surface area is 173 Å². The molecule has 1 aliphatic heterocycles. The second kappa shape index (κ2) is 10.4. The number of pyridine rings is 1. The van der Waals surface area contributed by atoms with Gasteiger partial charge in [-0.05, 0) is 49.1 Å². The van der Waals surface area contributed by atoms with Crippen molar-refractivity contribution in [2.75, 3.05) is 44.4 Å². The zero-order valence-electron chi connectivity index (χ0n) is 17.1. The molecule has 1 atom stereocenters. The minimum Gasteiger partial charge on any atom is -0.363 e. The topological polar surface area (TPSA) is 43.8 Å². The molecule has 0 radical (unpaired) electrons. The van der Waals surface area contributed by atoms with Gasteiger partial charge in [0, 0.05) is 50.6 Å². The molecular formula is C22H31N5S. The zero-order chi connectivity index (χ0) is 19.8. The van der Waals surface area contributed by atoms with E-state index >= 15 is 0 Å². The molecule has 2 heterocycles. The monoisotopic (exact) mass is 397 g/mol. The lowest BCUT2D eigenvalue weighted by molar-refractivity contribution is 0.474. The first-order valence-electron chi connectivity index (χ1n) is 9.99. The first kappa shape index (κ1) is 20.5. The number of guanidine groups is 1. The number of nitrogens with zero attached hydrogens (tertiary/aromatic N) is 4. The number of nitrogens with one attached hydrogen (secondary N) is 1. The van der Waals surface area contributed by atoms with E-state index in [-0.39, 0.29) is 0 Å². The molecule has 2 aromatic rings. The SMILES string of the molecule is CCNC(=NCc1ccnc(N(C)C)c1)N1CCC(CSc2ccccc2)C1. The van der Waals surface area contributed by atoms with Crippen molar-refractivity contribution in [2.24, 2.45) is 10.9 Å². The molecule has 1 saturated heterocycles. The Kier molecular flexibility index (Phi) is 7.60. The fraction of sp³-hybridized carbons (Fsp3) is 0.455. The summed E-state index contributed by atoms with van der Waals surface area (Å²) in [7, 11) is 4.02. The molecule has 6 heteroatoms. The van der Waals surface area contributed by atoms with E-state index in [9.17, 15) is 0 Å². The molecule has 150 valence electrons. The third-order valence-corrected chi connectivity index (χ3v) is 6.07.